The molecule has 0 heterocycles. The van der Waals surface area contributed by atoms with Gasteiger partial charge in [0.1, 0.15) is 5.78 Å². The Bertz CT molecular complexity index is 221. The molecule has 0 saturated heterocycles. The standard InChI is InChI=1S/C14H26O2/c1-4-5-9-13(15)14(11-16-3)10-7-6-8-12(14)2/h12H,4-11H2,1-3H3. The zero-order valence-electron chi connectivity index (χ0n) is 11.1. The van der Waals surface area contributed by atoms with E-state index in [1.807, 2.05) is 0 Å². The van der Waals surface area contributed by atoms with Gasteiger partial charge in [-0.1, -0.05) is 33.1 Å². The van der Waals surface area contributed by atoms with Crippen LogP contribution < -0.4 is 0 Å². The second-order valence-corrected chi connectivity index (χ2v) is 5.26. The van der Waals surface area contributed by atoms with E-state index in [2.05, 4.69) is 13.8 Å². The Labute approximate surface area is 99.8 Å². The second kappa shape index (κ2) is 6.39. The Balaban J connectivity index is 2.73. The summed E-state index contributed by atoms with van der Waals surface area (Å²) in [7, 11) is 1.72. The van der Waals surface area contributed by atoms with E-state index in [9.17, 15) is 4.79 Å². The number of ketones is 1. The maximum atomic E-state index is 12.4. The van der Waals surface area contributed by atoms with Gasteiger partial charge in [-0.3, -0.25) is 4.79 Å². The summed E-state index contributed by atoms with van der Waals surface area (Å²) in [5.41, 5.74) is -0.165. The molecule has 0 bridgehead atoms. The van der Waals surface area contributed by atoms with Crippen molar-refractivity contribution in [3.05, 3.63) is 0 Å². The molecule has 1 fully saturated rings. The van der Waals surface area contributed by atoms with Crippen LogP contribution in [0.15, 0.2) is 0 Å². The predicted molar refractivity (Wildman–Crippen MR) is 66.5 cm³/mol. The average molecular weight is 226 g/mol. The molecular weight excluding hydrogens is 200 g/mol. The van der Waals surface area contributed by atoms with Crippen LogP contribution in [0.2, 0.25) is 0 Å². The van der Waals surface area contributed by atoms with Crippen molar-refractivity contribution in [2.45, 2.75) is 58.8 Å². The van der Waals surface area contributed by atoms with Gasteiger partial charge in [0, 0.05) is 13.5 Å². The summed E-state index contributed by atoms with van der Waals surface area (Å²) in [6.07, 6.45) is 7.54. The third-order valence-corrected chi connectivity index (χ3v) is 4.17. The molecule has 94 valence electrons. The third kappa shape index (κ3) is 2.85. The van der Waals surface area contributed by atoms with Gasteiger partial charge in [-0.15, -0.1) is 0 Å². The molecule has 0 radical (unpaired) electrons. The molecule has 1 aliphatic rings. The zero-order valence-corrected chi connectivity index (χ0v) is 11.1. The largest absolute Gasteiger partial charge is 0.384 e. The van der Waals surface area contributed by atoms with Crippen LogP contribution in [0.25, 0.3) is 0 Å². The first-order valence-electron chi connectivity index (χ1n) is 6.69. The highest BCUT2D eigenvalue weighted by atomic mass is 16.5. The average Bonchev–Trinajstić information content (AvgIpc) is 2.29. The first kappa shape index (κ1) is 13.7. The highest BCUT2D eigenvalue weighted by Gasteiger charge is 2.43. The fraction of sp³-hybridized carbons (Fsp3) is 0.929. The molecule has 2 nitrogen and oxygen atoms in total. The Morgan fingerprint density at radius 2 is 2.19 bits per heavy atom. The summed E-state index contributed by atoms with van der Waals surface area (Å²) in [5.74, 6) is 0.939. The number of methoxy groups -OCH3 is 1. The molecule has 1 aliphatic carbocycles. The number of hydrogen-bond acceptors (Lipinski definition) is 2. The molecule has 0 amide bonds. The van der Waals surface area contributed by atoms with E-state index in [1.54, 1.807) is 7.11 Å². The molecule has 1 rings (SSSR count). The topological polar surface area (TPSA) is 26.3 Å². The number of ether oxygens (including phenoxy) is 1. The van der Waals surface area contributed by atoms with E-state index in [0.717, 1.165) is 25.7 Å². The van der Waals surface area contributed by atoms with Gasteiger partial charge in [0.2, 0.25) is 0 Å². The number of unbranched alkanes of at least 4 members (excludes halogenated alkanes) is 1. The minimum Gasteiger partial charge on any atom is -0.384 e. The maximum Gasteiger partial charge on any atom is 0.141 e. The molecular formula is C14H26O2. The summed E-state index contributed by atoms with van der Waals surface area (Å²) < 4.78 is 5.34. The van der Waals surface area contributed by atoms with E-state index in [4.69, 9.17) is 4.74 Å². The molecule has 0 aliphatic heterocycles. The van der Waals surface area contributed by atoms with E-state index in [1.165, 1.54) is 19.3 Å². The monoisotopic (exact) mass is 226 g/mol. The fourth-order valence-electron chi connectivity index (χ4n) is 2.97. The summed E-state index contributed by atoms with van der Waals surface area (Å²) in [4.78, 5) is 12.4. The normalized spacial score (nSPS) is 30.3. The van der Waals surface area contributed by atoms with Gasteiger partial charge in [-0.2, -0.15) is 0 Å². The fourth-order valence-corrected chi connectivity index (χ4v) is 2.97. The van der Waals surface area contributed by atoms with Gasteiger partial charge >= 0.3 is 0 Å². The summed E-state index contributed by atoms with van der Waals surface area (Å²) >= 11 is 0. The number of Topliss-reactive ketones (excluding diaryl/α,β-unsaturated/α-hetero) is 1. The van der Waals surface area contributed by atoms with E-state index in [0.29, 0.717) is 18.3 Å². The lowest BCUT2D eigenvalue weighted by atomic mass is 9.64. The van der Waals surface area contributed by atoms with Gasteiger partial charge in [0.05, 0.1) is 12.0 Å². The van der Waals surface area contributed by atoms with Crippen molar-refractivity contribution in [1.82, 2.24) is 0 Å². The highest BCUT2D eigenvalue weighted by molar-refractivity contribution is 5.85. The van der Waals surface area contributed by atoms with Crippen molar-refractivity contribution in [3.8, 4) is 0 Å². The predicted octanol–water partition coefficient (Wildman–Crippen LogP) is 3.59. The van der Waals surface area contributed by atoms with E-state index < -0.39 is 0 Å². The van der Waals surface area contributed by atoms with Crippen molar-refractivity contribution < 1.29 is 9.53 Å². The quantitative estimate of drug-likeness (QED) is 0.692. The van der Waals surface area contributed by atoms with Crippen LogP contribution in [0.4, 0.5) is 0 Å². The van der Waals surface area contributed by atoms with Gasteiger partial charge in [0.15, 0.2) is 0 Å². The van der Waals surface area contributed by atoms with Crippen molar-refractivity contribution in [3.63, 3.8) is 0 Å². The van der Waals surface area contributed by atoms with Crippen LogP contribution in [0.5, 0.6) is 0 Å². The van der Waals surface area contributed by atoms with Crippen LogP contribution in [0.3, 0.4) is 0 Å². The molecule has 0 aromatic rings. The molecule has 0 aromatic carbocycles. The smallest absolute Gasteiger partial charge is 0.141 e. The molecule has 0 spiro atoms. The van der Waals surface area contributed by atoms with Crippen LogP contribution in [0.1, 0.15) is 58.8 Å². The Morgan fingerprint density at radius 1 is 1.44 bits per heavy atom. The summed E-state index contributed by atoms with van der Waals surface area (Å²) in [6, 6.07) is 0. The first-order chi connectivity index (χ1) is 7.67. The molecule has 16 heavy (non-hydrogen) atoms. The lowest BCUT2D eigenvalue weighted by Gasteiger charge is -2.41. The van der Waals surface area contributed by atoms with Crippen molar-refractivity contribution in [1.29, 1.82) is 0 Å². The Kier molecular flexibility index (Phi) is 5.47. The molecule has 0 N–H and O–H groups in total. The van der Waals surface area contributed by atoms with Crippen LogP contribution in [-0.4, -0.2) is 19.5 Å². The Morgan fingerprint density at radius 3 is 2.75 bits per heavy atom. The molecule has 1 saturated carbocycles. The zero-order chi connectivity index (χ0) is 12.0. The summed E-state index contributed by atoms with van der Waals surface area (Å²) in [5, 5.41) is 0. The first-order valence-corrected chi connectivity index (χ1v) is 6.69. The van der Waals surface area contributed by atoms with Crippen molar-refractivity contribution in [2.24, 2.45) is 11.3 Å². The number of rotatable bonds is 6. The molecule has 2 unspecified atom stereocenters. The van der Waals surface area contributed by atoms with Crippen LogP contribution in [0, 0.1) is 11.3 Å². The SMILES string of the molecule is CCCCC(=O)C1(COC)CCCCC1C. The van der Waals surface area contributed by atoms with Gasteiger partial charge < -0.3 is 4.74 Å². The maximum absolute atomic E-state index is 12.4. The van der Waals surface area contributed by atoms with Crippen molar-refractivity contribution in [2.75, 3.05) is 13.7 Å². The van der Waals surface area contributed by atoms with Crippen LogP contribution in [-0.2, 0) is 9.53 Å². The molecule has 2 atom stereocenters. The summed E-state index contributed by atoms with van der Waals surface area (Å²) in [6.45, 7) is 4.99. The Hall–Kier alpha value is -0.370. The second-order valence-electron chi connectivity index (χ2n) is 5.26. The number of hydrogen-bond donors (Lipinski definition) is 0. The van der Waals surface area contributed by atoms with Crippen molar-refractivity contribution >= 4 is 5.78 Å². The van der Waals surface area contributed by atoms with Crippen LogP contribution >= 0.6 is 0 Å². The third-order valence-electron chi connectivity index (χ3n) is 4.17. The minimum absolute atomic E-state index is 0.165. The highest BCUT2D eigenvalue weighted by Crippen LogP contribution is 2.43. The minimum atomic E-state index is -0.165. The molecule has 0 aromatic heterocycles. The van der Waals surface area contributed by atoms with Gasteiger partial charge in [-0.25, -0.2) is 0 Å². The number of carbonyl (C=O) groups is 1. The lowest BCUT2D eigenvalue weighted by molar-refractivity contribution is -0.138. The molecule has 2 heteroatoms. The van der Waals surface area contributed by atoms with Gasteiger partial charge in [0.25, 0.3) is 0 Å². The lowest BCUT2D eigenvalue weighted by Crippen LogP contribution is -2.43. The van der Waals surface area contributed by atoms with E-state index in [-0.39, 0.29) is 5.41 Å². The van der Waals surface area contributed by atoms with E-state index >= 15 is 0 Å². The number of carbonyl (C=O) groups excluding carboxylic acids is 1. The van der Waals surface area contributed by atoms with Gasteiger partial charge in [-0.05, 0) is 25.2 Å².